The Labute approximate surface area is 94.7 Å². The van der Waals surface area contributed by atoms with Gasteiger partial charge in [0.15, 0.2) is 0 Å². The first-order valence-electron chi connectivity index (χ1n) is 4.71. The smallest absolute Gasteiger partial charge is 0.241 e. The number of nitrogens with one attached hydrogen (secondary N) is 1. The molecule has 5 nitrogen and oxygen atoms in total. The lowest BCUT2D eigenvalue weighted by Gasteiger charge is -2.10. The summed E-state index contributed by atoms with van der Waals surface area (Å²) in [5.41, 5.74) is 5.94. The number of rotatable bonds is 4. The molecule has 0 aliphatic rings. The van der Waals surface area contributed by atoms with Crippen molar-refractivity contribution >= 4 is 15.9 Å². The molecule has 1 unspecified atom stereocenters. The van der Waals surface area contributed by atoms with E-state index in [9.17, 15) is 13.2 Å². The highest BCUT2D eigenvalue weighted by Crippen LogP contribution is 2.10. The molecule has 0 aromatic heterocycles. The number of hydrogen-bond donors (Lipinski definition) is 2. The molecule has 1 aromatic carbocycles. The van der Waals surface area contributed by atoms with Gasteiger partial charge in [0, 0.05) is 0 Å². The van der Waals surface area contributed by atoms with Gasteiger partial charge in [0.05, 0.1) is 10.9 Å². The molecular weight excluding hydrogens is 228 g/mol. The van der Waals surface area contributed by atoms with E-state index in [0.29, 0.717) is 0 Å². The maximum atomic E-state index is 11.7. The van der Waals surface area contributed by atoms with Gasteiger partial charge in [-0.05, 0) is 26.0 Å². The molecule has 1 amide bonds. The van der Waals surface area contributed by atoms with Gasteiger partial charge in [0.2, 0.25) is 15.9 Å². The number of hydrogen-bond acceptors (Lipinski definition) is 3. The fourth-order valence-electron chi connectivity index (χ4n) is 1.08. The zero-order valence-electron chi connectivity index (χ0n) is 9.10. The highest BCUT2D eigenvalue weighted by molar-refractivity contribution is 7.89. The summed E-state index contributed by atoms with van der Waals surface area (Å²) in [5, 5.41) is 0. The summed E-state index contributed by atoms with van der Waals surface area (Å²) < 4.78 is 25.7. The molecule has 1 aromatic rings. The predicted molar refractivity (Wildman–Crippen MR) is 60.2 cm³/mol. The third-order valence-corrected chi connectivity index (χ3v) is 3.65. The van der Waals surface area contributed by atoms with Crippen LogP contribution in [0.5, 0.6) is 0 Å². The van der Waals surface area contributed by atoms with Crippen LogP contribution in [0.3, 0.4) is 0 Å². The van der Waals surface area contributed by atoms with Crippen molar-refractivity contribution in [2.24, 2.45) is 5.73 Å². The summed E-state index contributed by atoms with van der Waals surface area (Å²) in [5.74, 6) is -0.712. The van der Waals surface area contributed by atoms with Crippen LogP contribution >= 0.6 is 0 Å². The molecule has 0 fully saturated rings. The lowest BCUT2D eigenvalue weighted by atomic mass is 10.2. The van der Waals surface area contributed by atoms with Crippen LogP contribution in [-0.2, 0) is 14.8 Å². The molecule has 0 aliphatic carbocycles. The van der Waals surface area contributed by atoms with Gasteiger partial charge in [-0.1, -0.05) is 17.7 Å². The van der Waals surface area contributed by atoms with Gasteiger partial charge in [-0.3, -0.25) is 4.79 Å². The number of benzene rings is 1. The topological polar surface area (TPSA) is 89.3 Å². The average Bonchev–Trinajstić information content (AvgIpc) is 2.17. The first kappa shape index (κ1) is 12.7. The maximum absolute atomic E-state index is 11.7. The van der Waals surface area contributed by atoms with E-state index in [1.54, 1.807) is 12.1 Å². The van der Waals surface area contributed by atoms with Crippen molar-refractivity contribution in [3.63, 3.8) is 0 Å². The van der Waals surface area contributed by atoms with E-state index in [1.807, 2.05) is 6.92 Å². The maximum Gasteiger partial charge on any atom is 0.241 e. The molecule has 0 saturated heterocycles. The van der Waals surface area contributed by atoms with Crippen LogP contribution in [0.1, 0.15) is 12.5 Å². The van der Waals surface area contributed by atoms with Crippen LogP contribution in [0.4, 0.5) is 0 Å². The number of amides is 1. The Hall–Kier alpha value is -1.40. The van der Waals surface area contributed by atoms with Crippen molar-refractivity contribution in [2.75, 3.05) is 0 Å². The van der Waals surface area contributed by atoms with Crippen molar-refractivity contribution in [2.45, 2.75) is 24.8 Å². The minimum absolute atomic E-state index is 0.117. The van der Waals surface area contributed by atoms with Crippen molar-refractivity contribution in [1.29, 1.82) is 0 Å². The third-order valence-electron chi connectivity index (χ3n) is 2.09. The lowest BCUT2D eigenvalue weighted by molar-refractivity contribution is -0.119. The normalized spacial score (nSPS) is 13.4. The summed E-state index contributed by atoms with van der Waals surface area (Å²) in [4.78, 5) is 10.9. The number of carbonyl (C=O) groups excluding carboxylic acids is 1. The largest absolute Gasteiger partial charge is 0.368 e. The average molecular weight is 242 g/mol. The van der Waals surface area contributed by atoms with Gasteiger partial charge in [0.1, 0.15) is 0 Å². The molecule has 3 N–H and O–H groups in total. The standard InChI is InChI=1S/C10H14N2O3S/c1-7-3-5-9(6-4-7)16(14,15)12-8(2)10(11)13/h3-6,8,12H,1-2H3,(H2,11,13). The van der Waals surface area contributed by atoms with E-state index >= 15 is 0 Å². The molecule has 88 valence electrons. The Balaban J connectivity index is 2.94. The van der Waals surface area contributed by atoms with E-state index in [-0.39, 0.29) is 4.90 Å². The van der Waals surface area contributed by atoms with Crippen molar-refractivity contribution in [1.82, 2.24) is 4.72 Å². The fourth-order valence-corrected chi connectivity index (χ4v) is 2.29. The Morgan fingerprint density at radius 2 is 1.81 bits per heavy atom. The van der Waals surface area contributed by atoms with E-state index in [4.69, 9.17) is 5.73 Å². The number of sulfonamides is 1. The Morgan fingerprint density at radius 1 is 1.31 bits per heavy atom. The van der Waals surface area contributed by atoms with Gasteiger partial charge < -0.3 is 5.73 Å². The zero-order chi connectivity index (χ0) is 12.3. The summed E-state index contributed by atoms with van der Waals surface area (Å²) >= 11 is 0. The number of nitrogens with two attached hydrogens (primary N) is 1. The minimum Gasteiger partial charge on any atom is -0.368 e. The van der Waals surface area contributed by atoms with Gasteiger partial charge >= 0.3 is 0 Å². The lowest BCUT2D eigenvalue weighted by Crippen LogP contribution is -2.42. The molecule has 6 heteroatoms. The van der Waals surface area contributed by atoms with Crippen LogP contribution in [0.15, 0.2) is 29.2 Å². The molecule has 0 radical (unpaired) electrons. The zero-order valence-corrected chi connectivity index (χ0v) is 9.91. The number of carbonyl (C=O) groups is 1. The highest BCUT2D eigenvalue weighted by atomic mass is 32.2. The van der Waals surface area contributed by atoms with Gasteiger partial charge in [-0.2, -0.15) is 4.72 Å². The molecule has 0 saturated carbocycles. The van der Waals surface area contributed by atoms with E-state index in [1.165, 1.54) is 19.1 Å². The summed E-state index contributed by atoms with van der Waals surface area (Å²) in [7, 11) is -3.67. The first-order chi connectivity index (χ1) is 7.33. The van der Waals surface area contributed by atoms with Crippen molar-refractivity contribution in [3.05, 3.63) is 29.8 Å². The second-order valence-corrected chi connectivity index (χ2v) is 5.27. The van der Waals surface area contributed by atoms with E-state index in [0.717, 1.165) is 5.56 Å². The Bertz CT molecular complexity index is 479. The molecule has 0 spiro atoms. The number of primary amides is 1. The van der Waals surface area contributed by atoms with Crippen molar-refractivity contribution < 1.29 is 13.2 Å². The highest BCUT2D eigenvalue weighted by Gasteiger charge is 2.19. The fraction of sp³-hybridized carbons (Fsp3) is 0.300. The van der Waals surface area contributed by atoms with Gasteiger partial charge in [-0.25, -0.2) is 8.42 Å². The minimum atomic E-state index is -3.67. The molecule has 1 atom stereocenters. The Morgan fingerprint density at radius 3 is 2.25 bits per heavy atom. The van der Waals surface area contributed by atoms with Crippen LogP contribution in [-0.4, -0.2) is 20.4 Å². The van der Waals surface area contributed by atoms with E-state index in [2.05, 4.69) is 4.72 Å². The number of aryl methyl sites for hydroxylation is 1. The second kappa shape index (κ2) is 4.63. The van der Waals surface area contributed by atoms with Crippen LogP contribution in [0.25, 0.3) is 0 Å². The van der Waals surface area contributed by atoms with E-state index < -0.39 is 22.0 Å². The van der Waals surface area contributed by atoms with Crippen molar-refractivity contribution in [3.8, 4) is 0 Å². The SMILES string of the molecule is Cc1ccc(S(=O)(=O)NC(C)C(N)=O)cc1. The van der Waals surface area contributed by atoms with Crippen LogP contribution in [0.2, 0.25) is 0 Å². The third kappa shape index (κ3) is 3.04. The molecule has 0 bridgehead atoms. The molecule has 1 rings (SSSR count). The summed E-state index contributed by atoms with van der Waals surface area (Å²) in [6, 6.07) is 5.40. The monoisotopic (exact) mass is 242 g/mol. The summed E-state index contributed by atoms with van der Waals surface area (Å²) in [6.07, 6.45) is 0. The van der Waals surface area contributed by atoms with Gasteiger partial charge in [0.25, 0.3) is 0 Å². The predicted octanol–water partition coefficient (Wildman–Crippen LogP) is 0.147. The quantitative estimate of drug-likeness (QED) is 0.787. The van der Waals surface area contributed by atoms with Crippen LogP contribution < -0.4 is 10.5 Å². The molecule has 0 aliphatic heterocycles. The molecular formula is C10H14N2O3S. The molecule has 16 heavy (non-hydrogen) atoms. The second-order valence-electron chi connectivity index (χ2n) is 3.56. The van der Waals surface area contributed by atoms with Crippen LogP contribution in [0, 0.1) is 6.92 Å². The van der Waals surface area contributed by atoms with Gasteiger partial charge in [-0.15, -0.1) is 0 Å². The first-order valence-corrected chi connectivity index (χ1v) is 6.19. The molecule has 0 heterocycles. The summed E-state index contributed by atoms with van der Waals surface area (Å²) in [6.45, 7) is 3.25. The Kier molecular flexibility index (Phi) is 3.66.